The van der Waals surface area contributed by atoms with Crippen LogP contribution in [0.1, 0.15) is 12.0 Å². The number of hydrogen-bond donors (Lipinski definition) is 1. The second-order valence-corrected chi connectivity index (χ2v) is 6.51. The minimum Gasteiger partial charge on any atom is -0.469 e. The monoisotopic (exact) mass is 349 g/mol. The number of carbonyl (C=O) groups excluding carboxylic acids is 2. The molecule has 0 radical (unpaired) electrons. The van der Waals surface area contributed by atoms with Crippen molar-refractivity contribution in [2.45, 2.75) is 24.3 Å². The number of ether oxygens (including phenoxy) is 2. The summed E-state index contributed by atoms with van der Waals surface area (Å²) >= 11 is 5.78. The first kappa shape index (κ1) is 18.4. The van der Waals surface area contributed by atoms with Gasteiger partial charge in [-0.2, -0.15) is 4.72 Å². The van der Waals surface area contributed by atoms with Crippen LogP contribution in [0.15, 0.2) is 23.1 Å². The van der Waals surface area contributed by atoms with Crippen LogP contribution in [0.25, 0.3) is 0 Å². The van der Waals surface area contributed by atoms with E-state index in [0.29, 0.717) is 10.6 Å². The Kier molecular flexibility index (Phi) is 6.34. The van der Waals surface area contributed by atoms with Crippen molar-refractivity contribution in [3.8, 4) is 0 Å². The van der Waals surface area contributed by atoms with Crippen LogP contribution in [0, 0.1) is 6.92 Å². The molecule has 0 saturated carbocycles. The first-order valence-electron chi connectivity index (χ1n) is 6.14. The molecule has 0 bridgehead atoms. The number of hydrogen-bond acceptors (Lipinski definition) is 6. The third-order valence-electron chi connectivity index (χ3n) is 2.81. The minimum atomic E-state index is -4.03. The van der Waals surface area contributed by atoms with Crippen molar-refractivity contribution in [2.75, 3.05) is 14.2 Å². The summed E-state index contributed by atoms with van der Waals surface area (Å²) in [6, 6.07) is 2.82. The molecule has 1 unspecified atom stereocenters. The predicted octanol–water partition coefficient (Wildman–Crippen LogP) is 1.03. The molecule has 0 heterocycles. The summed E-state index contributed by atoms with van der Waals surface area (Å²) in [5, 5.41) is 0.385. The van der Waals surface area contributed by atoms with Crippen molar-refractivity contribution in [2.24, 2.45) is 0 Å². The maximum Gasteiger partial charge on any atom is 0.324 e. The van der Waals surface area contributed by atoms with Crippen molar-refractivity contribution >= 4 is 33.6 Å². The maximum atomic E-state index is 12.4. The summed E-state index contributed by atoms with van der Waals surface area (Å²) < 4.78 is 35.8. The lowest BCUT2D eigenvalue weighted by molar-refractivity contribution is -0.149. The van der Waals surface area contributed by atoms with Crippen LogP contribution >= 0.6 is 11.6 Å². The lowest BCUT2D eigenvalue weighted by Crippen LogP contribution is -2.43. The van der Waals surface area contributed by atoms with E-state index >= 15 is 0 Å². The van der Waals surface area contributed by atoms with E-state index < -0.39 is 34.4 Å². The van der Waals surface area contributed by atoms with Gasteiger partial charge in [-0.25, -0.2) is 8.42 Å². The van der Waals surface area contributed by atoms with Crippen LogP contribution in [0.4, 0.5) is 0 Å². The zero-order valence-corrected chi connectivity index (χ0v) is 13.8. The highest BCUT2D eigenvalue weighted by atomic mass is 35.5. The quantitative estimate of drug-likeness (QED) is 0.770. The molecule has 0 spiro atoms. The van der Waals surface area contributed by atoms with E-state index in [1.165, 1.54) is 18.2 Å². The molecular weight excluding hydrogens is 334 g/mol. The Labute approximate surface area is 133 Å². The van der Waals surface area contributed by atoms with E-state index in [1.807, 2.05) is 0 Å². The number of nitrogens with one attached hydrogen (secondary N) is 1. The van der Waals surface area contributed by atoms with Crippen LogP contribution in [0.3, 0.4) is 0 Å². The second kappa shape index (κ2) is 7.57. The van der Waals surface area contributed by atoms with Crippen LogP contribution < -0.4 is 4.72 Å². The largest absolute Gasteiger partial charge is 0.469 e. The number of sulfonamides is 1. The average molecular weight is 350 g/mol. The highest BCUT2D eigenvalue weighted by molar-refractivity contribution is 7.89. The summed E-state index contributed by atoms with van der Waals surface area (Å²) in [5.74, 6) is -1.63. The molecular formula is C13H16ClNO6S. The third-order valence-corrected chi connectivity index (χ3v) is 4.68. The summed E-state index contributed by atoms with van der Waals surface area (Å²) in [6.45, 7) is 1.56. The number of aryl methyl sites for hydroxylation is 1. The van der Waals surface area contributed by atoms with Gasteiger partial charge >= 0.3 is 11.9 Å². The van der Waals surface area contributed by atoms with Gasteiger partial charge in [-0.15, -0.1) is 0 Å². The van der Waals surface area contributed by atoms with Crippen molar-refractivity contribution < 1.29 is 27.5 Å². The van der Waals surface area contributed by atoms with Crippen LogP contribution in [0.2, 0.25) is 5.02 Å². The van der Waals surface area contributed by atoms with Gasteiger partial charge in [0.2, 0.25) is 10.0 Å². The molecule has 122 valence electrons. The minimum absolute atomic E-state index is 0.0457. The number of benzene rings is 1. The van der Waals surface area contributed by atoms with Gasteiger partial charge in [-0.05, 0) is 30.7 Å². The molecule has 0 amide bonds. The van der Waals surface area contributed by atoms with Crippen molar-refractivity contribution in [1.29, 1.82) is 0 Å². The van der Waals surface area contributed by atoms with Gasteiger partial charge in [0.25, 0.3) is 0 Å². The number of carbonyl (C=O) groups is 2. The van der Waals surface area contributed by atoms with Gasteiger partial charge in [-0.3, -0.25) is 9.59 Å². The van der Waals surface area contributed by atoms with Crippen LogP contribution in [0.5, 0.6) is 0 Å². The molecule has 1 N–H and O–H groups in total. The Hall–Kier alpha value is -1.64. The molecule has 0 aromatic heterocycles. The van der Waals surface area contributed by atoms with E-state index in [1.54, 1.807) is 6.92 Å². The Balaban J connectivity index is 3.09. The standard InChI is InChI=1S/C13H16ClNO6S/c1-8-6-9(14)4-5-11(8)22(18,19)15-10(13(17)21-3)7-12(16)20-2/h4-6,10,15H,7H2,1-3H3. The molecule has 1 aromatic carbocycles. The Bertz CT molecular complexity index is 673. The molecule has 0 aliphatic heterocycles. The Morgan fingerprint density at radius 3 is 2.41 bits per heavy atom. The van der Waals surface area contributed by atoms with E-state index in [2.05, 4.69) is 14.2 Å². The highest BCUT2D eigenvalue weighted by Gasteiger charge is 2.29. The number of rotatable bonds is 6. The summed E-state index contributed by atoms with van der Waals surface area (Å²) in [4.78, 5) is 22.9. The van der Waals surface area contributed by atoms with Crippen molar-refractivity contribution in [3.05, 3.63) is 28.8 Å². The summed E-state index contributed by atoms with van der Waals surface area (Å²) in [5.41, 5.74) is 0.404. The summed E-state index contributed by atoms with van der Waals surface area (Å²) in [7, 11) is -1.81. The SMILES string of the molecule is COC(=O)CC(NS(=O)(=O)c1ccc(Cl)cc1C)C(=O)OC. The van der Waals surface area contributed by atoms with Crippen molar-refractivity contribution in [3.63, 3.8) is 0 Å². The smallest absolute Gasteiger partial charge is 0.324 e. The fourth-order valence-corrected chi connectivity index (χ4v) is 3.37. The van der Waals surface area contributed by atoms with Gasteiger partial charge < -0.3 is 9.47 Å². The van der Waals surface area contributed by atoms with E-state index in [0.717, 1.165) is 14.2 Å². The van der Waals surface area contributed by atoms with Gasteiger partial charge in [0.05, 0.1) is 25.5 Å². The highest BCUT2D eigenvalue weighted by Crippen LogP contribution is 2.20. The molecule has 9 heteroatoms. The molecule has 1 rings (SSSR count). The molecule has 0 saturated heterocycles. The summed E-state index contributed by atoms with van der Waals surface area (Å²) in [6.07, 6.45) is -0.477. The molecule has 22 heavy (non-hydrogen) atoms. The number of esters is 2. The average Bonchev–Trinajstić information content (AvgIpc) is 2.44. The predicted molar refractivity (Wildman–Crippen MR) is 78.9 cm³/mol. The fraction of sp³-hybridized carbons (Fsp3) is 0.385. The molecule has 0 aliphatic carbocycles. The molecule has 0 fully saturated rings. The van der Waals surface area contributed by atoms with Gasteiger partial charge in [0, 0.05) is 5.02 Å². The molecule has 0 aliphatic rings. The lowest BCUT2D eigenvalue weighted by atomic mass is 10.2. The van der Waals surface area contributed by atoms with Gasteiger partial charge in [0.1, 0.15) is 6.04 Å². The number of methoxy groups -OCH3 is 2. The molecule has 1 atom stereocenters. The Morgan fingerprint density at radius 2 is 1.91 bits per heavy atom. The Morgan fingerprint density at radius 1 is 1.27 bits per heavy atom. The lowest BCUT2D eigenvalue weighted by Gasteiger charge is -2.16. The van der Waals surface area contributed by atoms with E-state index in [4.69, 9.17) is 11.6 Å². The zero-order chi connectivity index (χ0) is 16.9. The first-order chi connectivity index (χ1) is 10.2. The first-order valence-corrected chi connectivity index (χ1v) is 8.00. The maximum absolute atomic E-state index is 12.4. The van der Waals surface area contributed by atoms with Crippen LogP contribution in [-0.4, -0.2) is 40.6 Å². The van der Waals surface area contributed by atoms with E-state index in [-0.39, 0.29) is 4.90 Å². The second-order valence-electron chi connectivity index (χ2n) is 4.39. The fourth-order valence-electron chi connectivity index (χ4n) is 1.73. The number of halogens is 1. The topological polar surface area (TPSA) is 98.8 Å². The van der Waals surface area contributed by atoms with Gasteiger partial charge in [-0.1, -0.05) is 11.6 Å². The van der Waals surface area contributed by atoms with Gasteiger partial charge in [0.15, 0.2) is 0 Å². The molecule has 7 nitrogen and oxygen atoms in total. The van der Waals surface area contributed by atoms with Crippen LogP contribution in [-0.2, 0) is 29.1 Å². The normalized spacial score (nSPS) is 12.5. The van der Waals surface area contributed by atoms with E-state index in [9.17, 15) is 18.0 Å². The third kappa shape index (κ3) is 4.69. The van der Waals surface area contributed by atoms with Crippen molar-refractivity contribution in [1.82, 2.24) is 4.72 Å². The molecule has 1 aromatic rings. The zero-order valence-electron chi connectivity index (χ0n) is 12.3.